The van der Waals surface area contributed by atoms with Crippen LogP contribution in [0.15, 0.2) is 0 Å². The third-order valence-corrected chi connectivity index (χ3v) is 2.36. The lowest BCUT2D eigenvalue weighted by atomic mass is 10.2. The minimum Gasteiger partial charge on any atom is -0.352 e. The van der Waals surface area contributed by atoms with Crippen LogP contribution in [0.2, 0.25) is 0 Å². The number of nitrogens with one attached hydrogen (secondary N) is 1. The largest absolute Gasteiger partial charge is 0.352 e. The quantitative estimate of drug-likeness (QED) is 0.658. The van der Waals surface area contributed by atoms with Crippen molar-refractivity contribution >= 4 is 5.91 Å². The Bertz CT molecular complexity index is 168. The van der Waals surface area contributed by atoms with Gasteiger partial charge in [0.2, 0.25) is 5.91 Å². The fourth-order valence-corrected chi connectivity index (χ4v) is 1.66. The molecule has 1 N–H and O–H groups in total. The maximum atomic E-state index is 10.7. The van der Waals surface area contributed by atoms with Crippen LogP contribution in [-0.2, 0) is 4.79 Å². The number of hydrogen-bond donors (Lipinski definition) is 1. The first-order chi connectivity index (χ1) is 5.59. The molecule has 3 heteroatoms. The van der Waals surface area contributed by atoms with Crippen molar-refractivity contribution in [2.75, 3.05) is 13.1 Å². The average molecular weight is 170 g/mol. The van der Waals surface area contributed by atoms with E-state index in [9.17, 15) is 4.79 Å². The molecule has 0 bridgehead atoms. The number of amides is 1. The first-order valence-electron chi connectivity index (χ1n) is 4.60. The molecule has 0 aliphatic carbocycles. The lowest BCUT2D eigenvalue weighted by Gasteiger charge is -2.20. The first-order valence-corrected chi connectivity index (χ1v) is 4.60. The van der Waals surface area contributed by atoms with Crippen LogP contribution in [0, 0.1) is 0 Å². The molecule has 1 amide bonds. The lowest BCUT2D eigenvalue weighted by Crippen LogP contribution is -2.37. The second-order valence-electron chi connectivity index (χ2n) is 3.77. The molecule has 1 rings (SSSR count). The minimum absolute atomic E-state index is 0.0885. The van der Waals surface area contributed by atoms with Crippen molar-refractivity contribution in [2.24, 2.45) is 0 Å². The Kier molecular flexibility index (Phi) is 3.09. The lowest BCUT2D eigenvalue weighted by molar-refractivity contribution is -0.119. The third-order valence-electron chi connectivity index (χ3n) is 2.36. The summed E-state index contributed by atoms with van der Waals surface area (Å²) in [6.07, 6.45) is 1.10. The molecule has 0 saturated carbocycles. The van der Waals surface area contributed by atoms with Crippen LogP contribution in [-0.4, -0.2) is 36.0 Å². The Labute approximate surface area is 74.1 Å². The van der Waals surface area contributed by atoms with E-state index in [1.54, 1.807) is 6.92 Å². The van der Waals surface area contributed by atoms with Crippen LogP contribution in [0.1, 0.15) is 27.2 Å². The summed E-state index contributed by atoms with van der Waals surface area (Å²) in [4.78, 5) is 13.1. The first kappa shape index (κ1) is 9.52. The van der Waals surface area contributed by atoms with Gasteiger partial charge in [0.25, 0.3) is 0 Å². The Morgan fingerprint density at radius 1 is 1.58 bits per heavy atom. The maximum Gasteiger partial charge on any atom is 0.217 e. The smallest absolute Gasteiger partial charge is 0.217 e. The van der Waals surface area contributed by atoms with Crippen LogP contribution >= 0.6 is 0 Å². The van der Waals surface area contributed by atoms with Gasteiger partial charge in [-0.2, -0.15) is 0 Å². The van der Waals surface area contributed by atoms with Crippen molar-refractivity contribution in [3.8, 4) is 0 Å². The number of nitrogens with zero attached hydrogens (tertiary/aromatic N) is 1. The van der Waals surface area contributed by atoms with Crippen molar-refractivity contribution < 1.29 is 4.79 Å². The zero-order chi connectivity index (χ0) is 9.14. The molecule has 0 aromatic heterocycles. The molecule has 1 atom stereocenters. The molecule has 3 nitrogen and oxygen atoms in total. The van der Waals surface area contributed by atoms with E-state index in [-0.39, 0.29) is 5.91 Å². The zero-order valence-corrected chi connectivity index (χ0v) is 8.13. The molecule has 1 aliphatic rings. The number of carbonyl (C=O) groups excluding carboxylic acids is 1. The summed E-state index contributed by atoms with van der Waals surface area (Å²) >= 11 is 0. The Hall–Kier alpha value is -0.570. The van der Waals surface area contributed by atoms with Crippen LogP contribution in [0.3, 0.4) is 0 Å². The van der Waals surface area contributed by atoms with E-state index in [0.29, 0.717) is 12.1 Å². The van der Waals surface area contributed by atoms with Crippen LogP contribution in [0.4, 0.5) is 0 Å². The molecule has 0 aromatic rings. The number of carbonyl (C=O) groups is 1. The average Bonchev–Trinajstić information content (AvgIpc) is 2.34. The molecule has 70 valence electrons. The summed E-state index contributed by atoms with van der Waals surface area (Å²) in [5, 5.41) is 2.95. The summed E-state index contributed by atoms with van der Waals surface area (Å²) in [7, 11) is 0. The van der Waals surface area contributed by atoms with E-state index in [4.69, 9.17) is 0 Å². The Morgan fingerprint density at radius 3 is 2.67 bits per heavy atom. The van der Waals surface area contributed by atoms with Gasteiger partial charge in [0.05, 0.1) is 0 Å². The van der Waals surface area contributed by atoms with Crippen molar-refractivity contribution in [1.82, 2.24) is 10.2 Å². The molecule has 0 radical (unpaired) electrons. The third kappa shape index (κ3) is 2.48. The van der Waals surface area contributed by atoms with E-state index in [1.807, 2.05) is 0 Å². The zero-order valence-electron chi connectivity index (χ0n) is 8.13. The van der Waals surface area contributed by atoms with Crippen LogP contribution < -0.4 is 5.32 Å². The van der Waals surface area contributed by atoms with Gasteiger partial charge in [-0.05, 0) is 20.3 Å². The van der Waals surface area contributed by atoms with E-state index in [1.165, 1.54) is 0 Å². The number of likely N-dealkylation sites (tertiary alicyclic amines) is 1. The summed E-state index contributed by atoms with van der Waals surface area (Å²) < 4.78 is 0. The highest BCUT2D eigenvalue weighted by Crippen LogP contribution is 2.11. The van der Waals surface area contributed by atoms with Gasteiger partial charge >= 0.3 is 0 Å². The second kappa shape index (κ2) is 3.90. The Balaban J connectivity index is 2.30. The van der Waals surface area contributed by atoms with Gasteiger partial charge in [-0.25, -0.2) is 0 Å². The second-order valence-corrected chi connectivity index (χ2v) is 3.77. The highest BCUT2D eigenvalue weighted by Gasteiger charge is 2.24. The summed E-state index contributed by atoms with van der Waals surface area (Å²) in [5.41, 5.74) is 0. The van der Waals surface area contributed by atoms with Crippen LogP contribution in [0.25, 0.3) is 0 Å². The van der Waals surface area contributed by atoms with Crippen molar-refractivity contribution in [1.29, 1.82) is 0 Å². The van der Waals surface area contributed by atoms with Crippen LogP contribution in [0.5, 0.6) is 0 Å². The fraction of sp³-hybridized carbons (Fsp3) is 0.889. The van der Waals surface area contributed by atoms with E-state index in [0.717, 1.165) is 19.5 Å². The molecule has 1 fully saturated rings. The number of rotatable bonds is 2. The highest BCUT2D eigenvalue weighted by atomic mass is 16.1. The maximum absolute atomic E-state index is 10.7. The predicted molar refractivity (Wildman–Crippen MR) is 48.9 cm³/mol. The normalized spacial score (nSPS) is 24.8. The van der Waals surface area contributed by atoms with Gasteiger partial charge in [-0.3, -0.25) is 9.69 Å². The van der Waals surface area contributed by atoms with Gasteiger partial charge in [0, 0.05) is 32.1 Å². The standard InChI is InChI=1S/C9H18N2O/c1-7(2)11-5-4-9(6-11)10-8(3)12/h7,9H,4-6H2,1-3H3,(H,10,12)/t9-/m1/s1. The summed E-state index contributed by atoms with van der Waals surface area (Å²) in [6.45, 7) is 8.09. The molecular weight excluding hydrogens is 152 g/mol. The Morgan fingerprint density at radius 2 is 2.25 bits per heavy atom. The van der Waals surface area contributed by atoms with Gasteiger partial charge < -0.3 is 5.32 Å². The summed E-state index contributed by atoms with van der Waals surface area (Å²) in [5.74, 6) is 0.0885. The van der Waals surface area contributed by atoms with Gasteiger partial charge in [-0.1, -0.05) is 0 Å². The molecule has 0 spiro atoms. The molecule has 1 heterocycles. The number of hydrogen-bond acceptors (Lipinski definition) is 2. The van der Waals surface area contributed by atoms with Gasteiger partial charge in [-0.15, -0.1) is 0 Å². The summed E-state index contributed by atoms with van der Waals surface area (Å²) in [6, 6.07) is 0.980. The van der Waals surface area contributed by atoms with Crippen molar-refractivity contribution in [3.05, 3.63) is 0 Å². The molecule has 1 aliphatic heterocycles. The molecular formula is C9H18N2O. The molecule has 0 aromatic carbocycles. The van der Waals surface area contributed by atoms with Gasteiger partial charge in [0.15, 0.2) is 0 Å². The van der Waals surface area contributed by atoms with E-state index in [2.05, 4.69) is 24.1 Å². The van der Waals surface area contributed by atoms with Crippen molar-refractivity contribution in [3.63, 3.8) is 0 Å². The molecule has 12 heavy (non-hydrogen) atoms. The molecule has 1 saturated heterocycles. The highest BCUT2D eigenvalue weighted by molar-refractivity contribution is 5.73. The van der Waals surface area contributed by atoms with E-state index >= 15 is 0 Å². The molecule has 0 unspecified atom stereocenters. The topological polar surface area (TPSA) is 32.3 Å². The SMILES string of the molecule is CC(=O)N[C@@H]1CCN(C(C)C)C1. The van der Waals surface area contributed by atoms with E-state index < -0.39 is 0 Å². The van der Waals surface area contributed by atoms with Crippen molar-refractivity contribution in [2.45, 2.75) is 39.3 Å². The fourth-order valence-electron chi connectivity index (χ4n) is 1.66. The van der Waals surface area contributed by atoms with Gasteiger partial charge in [0.1, 0.15) is 0 Å². The monoisotopic (exact) mass is 170 g/mol. The predicted octanol–water partition coefficient (Wildman–Crippen LogP) is 0.605. The minimum atomic E-state index is 0.0885.